The van der Waals surface area contributed by atoms with Crippen molar-refractivity contribution in [3.63, 3.8) is 0 Å². The monoisotopic (exact) mass is 578 g/mol. The molecule has 0 bridgehead atoms. The number of hydrogen-bond donors (Lipinski definition) is 1. The lowest BCUT2D eigenvalue weighted by molar-refractivity contribution is 0.481. The molecule has 1 aliphatic heterocycles. The van der Waals surface area contributed by atoms with Crippen molar-refractivity contribution < 1.29 is 4.74 Å². The summed E-state index contributed by atoms with van der Waals surface area (Å²) in [6.07, 6.45) is 0. The minimum Gasteiger partial charge on any atom is -0.453 e. The molecule has 0 radical (unpaired) electrons. The first kappa shape index (κ1) is 25.3. The normalized spacial score (nSPS) is 11.9. The summed E-state index contributed by atoms with van der Waals surface area (Å²) in [5.41, 5.74) is 10.0. The van der Waals surface area contributed by atoms with Crippen LogP contribution in [0.3, 0.4) is 0 Å². The maximum atomic E-state index is 6.29. The van der Waals surface area contributed by atoms with Crippen LogP contribution in [0.5, 0.6) is 11.5 Å². The van der Waals surface area contributed by atoms with Crippen LogP contribution in [0.4, 0.5) is 11.4 Å². The zero-order valence-electron chi connectivity index (χ0n) is 24.2. The molecule has 0 fully saturated rings. The molecule has 0 saturated heterocycles. The molecule has 1 N–H and O–H groups in total. The third-order valence-corrected chi connectivity index (χ3v) is 8.42. The van der Waals surface area contributed by atoms with Crippen molar-refractivity contribution in [1.82, 2.24) is 14.5 Å². The van der Waals surface area contributed by atoms with Gasteiger partial charge in [-0.05, 0) is 53.6 Å². The van der Waals surface area contributed by atoms with Crippen molar-refractivity contribution >= 4 is 33.2 Å². The minimum absolute atomic E-state index is 0.633. The number of nitrogens with zero attached hydrogens (tertiary/aromatic N) is 3. The lowest BCUT2D eigenvalue weighted by Crippen LogP contribution is -2.04. The molecule has 0 unspecified atom stereocenters. The van der Waals surface area contributed by atoms with E-state index in [0.29, 0.717) is 5.95 Å². The average molecular weight is 579 g/mol. The second-order valence-electron chi connectivity index (χ2n) is 11.2. The van der Waals surface area contributed by atoms with Crippen LogP contribution < -0.4 is 10.1 Å². The lowest BCUT2D eigenvalue weighted by Gasteiger charge is -2.22. The fraction of sp³-hybridized carbons (Fsp3) is 0. The Hall–Kier alpha value is -6.20. The average Bonchev–Trinajstić information content (AvgIpc) is 3.45. The number of nitrogens with one attached hydrogen (secondary N) is 1. The predicted molar refractivity (Wildman–Crippen MR) is 182 cm³/mol. The summed E-state index contributed by atoms with van der Waals surface area (Å²) in [5, 5.41) is 5.79. The maximum absolute atomic E-state index is 6.29. The fourth-order valence-corrected chi connectivity index (χ4v) is 6.23. The van der Waals surface area contributed by atoms with E-state index in [2.05, 4.69) is 101 Å². The number of fused-ring (bicyclic) bond motifs is 5. The third-order valence-electron chi connectivity index (χ3n) is 8.42. The van der Waals surface area contributed by atoms with E-state index in [-0.39, 0.29) is 0 Å². The molecular formula is C40H26N4O. The SMILES string of the molecule is c1ccc(-c2cc(-c3ccccc3)nc(-n3c4ccccc4c4ccc(-c5ccc6c(c5)Oc5ccccc5N6)cc43)n2)cc1. The molecule has 8 aromatic rings. The van der Waals surface area contributed by atoms with Crippen LogP contribution in [-0.2, 0) is 0 Å². The number of aromatic nitrogens is 3. The highest BCUT2D eigenvalue weighted by atomic mass is 16.5. The van der Waals surface area contributed by atoms with Crippen LogP contribution >= 0.6 is 0 Å². The van der Waals surface area contributed by atoms with Crippen molar-refractivity contribution in [1.29, 1.82) is 0 Å². The van der Waals surface area contributed by atoms with Gasteiger partial charge < -0.3 is 10.1 Å². The van der Waals surface area contributed by atoms with E-state index in [0.717, 1.165) is 78.3 Å². The van der Waals surface area contributed by atoms with Gasteiger partial charge in [0, 0.05) is 21.9 Å². The van der Waals surface area contributed by atoms with E-state index >= 15 is 0 Å². The highest BCUT2D eigenvalue weighted by molar-refractivity contribution is 6.10. The van der Waals surface area contributed by atoms with Gasteiger partial charge in [0.2, 0.25) is 5.95 Å². The molecule has 9 rings (SSSR count). The van der Waals surface area contributed by atoms with Crippen LogP contribution in [0.15, 0.2) is 152 Å². The first-order chi connectivity index (χ1) is 22.3. The van der Waals surface area contributed by atoms with Crippen LogP contribution in [0, 0.1) is 0 Å². The minimum atomic E-state index is 0.633. The molecular weight excluding hydrogens is 552 g/mol. The van der Waals surface area contributed by atoms with Crippen LogP contribution in [0.2, 0.25) is 0 Å². The highest BCUT2D eigenvalue weighted by Gasteiger charge is 2.19. The van der Waals surface area contributed by atoms with Crippen LogP contribution in [0.25, 0.3) is 61.4 Å². The Kier molecular flexibility index (Phi) is 5.74. The van der Waals surface area contributed by atoms with E-state index in [1.165, 1.54) is 0 Å². The number of hydrogen-bond acceptors (Lipinski definition) is 4. The topological polar surface area (TPSA) is 52.0 Å². The summed E-state index contributed by atoms with van der Waals surface area (Å²) in [5.74, 6) is 2.26. The Bertz CT molecular complexity index is 2320. The molecule has 0 spiro atoms. The molecule has 2 aromatic heterocycles. The van der Waals surface area contributed by atoms with Gasteiger partial charge in [0.25, 0.3) is 0 Å². The number of anilines is 2. The van der Waals surface area contributed by atoms with E-state index in [9.17, 15) is 0 Å². The maximum Gasteiger partial charge on any atom is 0.235 e. The number of benzene rings is 6. The van der Waals surface area contributed by atoms with Gasteiger partial charge in [-0.25, -0.2) is 9.97 Å². The molecule has 6 aromatic carbocycles. The molecule has 1 aliphatic rings. The van der Waals surface area contributed by atoms with Gasteiger partial charge in [-0.1, -0.05) is 109 Å². The van der Waals surface area contributed by atoms with Gasteiger partial charge in [-0.2, -0.15) is 0 Å². The highest BCUT2D eigenvalue weighted by Crippen LogP contribution is 2.44. The quantitative estimate of drug-likeness (QED) is 0.226. The second-order valence-corrected chi connectivity index (χ2v) is 11.2. The van der Waals surface area contributed by atoms with E-state index in [4.69, 9.17) is 14.7 Å². The lowest BCUT2D eigenvalue weighted by atomic mass is 10.0. The fourth-order valence-electron chi connectivity index (χ4n) is 6.23. The van der Waals surface area contributed by atoms with Crippen molar-refractivity contribution in [3.8, 4) is 51.1 Å². The zero-order chi connectivity index (χ0) is 29.7. The van der Waals surface area contributed by atoms with Gasteiger partial charge >= 0.3 is 0 Å². The van der Waals surface area contributed by atoms with Gasteiger partial charge in [-0.3, -0.25) is 4.57 Å². The molecule has 45 heavy (non-hydrogen) atoms. The molecule has 5 heteroatoms. The Morgan fingerprint density at radius 2 is 1.04 bits per heavy atom. The van der Waals surface area contributed by atoms with Gasteiger partial charge in [0.15, 0.2) is 11.5 Å². The van der Waals surface area contributed by atoms with Gasteiger partial charge in [0.05, 0.1) is 33.8 Å². The number of ether oxygens (including phenoxy) is 1. The van der Waals surface area contributed by atoms with E-state index in [1.807, 2.05) is 60.7 Å². The number of rotatable bonds is 4. The van der Waals surface area contributed by atoms with Crippen molar-refractivity contribution in [2.24, 2.45) is 0 Å². The molecule has 0 amide bonds. The summed E-state index contributed by atoms with van der Waals surface area (Å²) in [6.45, 7) is 0. The Morgan fingerprint density at radius 3 is 1.82 bits per heavy atom. The molecule has 0 atom stereocenters. The summed E-state index contributed by atoms with van der Waals surface area (Å²) in [7, 11) is 0. The molecule has 0 aliphatic carbocycles. The standard InChI is InChI=1S/C40H26N4O/c1-3-11-26(12-4-1)34-25-35(27-13-5-2-6-14-27)43-40(42-34)44-36-17-9-7-15-30(36)31-21-19-28(23-37(31)44)29-20-22-33-39(24-29)45-38-18-10-8-16-32(38)41-33/h1-25,41H. The molecule has 3 heterocycles. The van der Waals surface area contributed by atoms with Crippen molar-refractivity contribution in [3.05, 3.63) is 152 Å². The van der Waals surface area contributed by atoms with Crippen molar-refractivity contribution in [2.45, 2.75) is 0 Å². The summed E-state index contributed by atoms with van der Waals surface area (Å²) in [4.78, 5) is 10.4. The zero-order valence-corrected chi connectivity index (χ0v) is 24.2. The predicted octanol–water partition coefficient (Wildman–Crippen LogP) is 10.4. The van der Waals surface area contributed by atoms with Gasteiger partial charge in [-0.15, -0.1) is 0 Å². The Balaban J connectivity index is 1.25. The molecule has 5 nitrogen and oxygen atoms in total. The van der Waals surface area contributed by atoms with Crippen LogP contribution in [-0.4, -0.2) is 14.5 Å². The van der Waals surface area contributed by atoms with E-state index in [1.54, 1.807) is 0 Å². The van der Waals surface area contributed by atoms with E-state index < -0.39 is 0 Å². The van der Waals surface area contributed by atoms with Gasteiger partial charge in [0.1, 0.15) is 0 Å². The summed E-state index contributed by atoms with van der Waals surface area (Å²) in [6, 6.07) is 52.1. The summed E-state index contributed by atoms with van der Waals surface area (Å²) >= 11 is 0. The third kappa shape index (κ3) is 4.33. The van der Waals surface area contributed by atoms with Crippen LogP contribution in [0.1, 0.15) is 0 Å². The molecule has 212 valence electrons. The first-order valence-electron chi connectivity index (χ1n) is 15.0. The largest absolute Gasteiger partial charge is 0.453 e. The number of para-hydroxylation sites is 3. The second kappa shape index (κ2) is 10.2. The van der Waals surface area contributed by atoms with Crippen molar-refractivity contribution in [2.75, 3.05) is 5.32 Å². The smallest absolute Gasteiger partial charge is 0.235 e. The Morgan fingerprint density at radius 1 is 0.444 bits per heavy atom. The molecule has 0 saturated carbocycles. The Labute approximate surface area is 260 Å². The summed E-state index contributed by atoms with van der Waals surface area (Å²) < 4.78 is 8.49. The first-order valence-corrected chi connectivity index (χ1v) is 15.0.